The molecule has 66 valence electrons. The van der Waals surface area contributed by atoms with E-state index in [1.165, 1.54) is 0 Å². The fourth-order valence-corrected chi connectivity index (χ4v) is 0.565. The van der Waals surface area contributed by atoms with Crippen LogP contribution in [0.2, 0.25) is 0 Å². The molecule has 1 aliphatic rings. The second kappa shape index (κ2) is 15.5. The minimum absolute atomic E-state index is 0. The molecule has 1 saturated heterocycles. The van der Waals surface area contributed by atoms with E-state index in [9.17, 15) is 4.79 Å². The van der Waals surface area contributed by atoms with Gasteiger partial charge in [0, 0.05) is 13.0 Å². The van der Waals surface area contributed by atoms with Crippen LogP contribution in [0, 0.1) is 0 Å². The van der Waals surface area contributed by atoms with Crippen molar-refractivity contribution in [3.05, 3.63) is 0 Å². The fraction of sp³-hybridized carbons (Fsp3) is 0.750. The fourth-order valence-electron chi connectivity index (χ4n) is 0.565. The number of hydrogen-bond acceptors (Lipinski definition) is 5. The van der Waals surface area contributed by atoms with Gasteiger partial charge in [-0.3, -0.25) is 4.79 Å². The Morgan fingerprint density at radius 2 is 1.50 bits per heavy atom. The number of phosphoric acid groups is 1. The number of amides is 1. The zero-order chi connectivity index (χ0) is 8.91. The summed E-state index contributed by atoms with van der Waals surface area (Å²) in [5.41, 5.74) is 0. The molecule has 0 spiro atoms. The smallest absolute Gasteiger partial charge is 0.822 e. The first-order valence-corrected chi connectivity index (χ1v) is 4.35. The monoisotopic (exact) mass is 297 g/mol. The Balaban J connectivity index is -0.0000000597. The summed E-state index contributed by atoms with van der Waals surface area (Å²) >= 11 is 0. The molecule has 0 bridgehead atoms. The van der Waals surface area contributed by atoms with Crippen molar-refractivity contribution in [3.8, 4) is 0 Å². The topological polar surface area (TPSA) is 115 Å². The number of hydrogen-bond donors (Lipinski definition) is 1. The summed E-state index contributed by atoms with van der Waals surface area (Å²) in [5, 5.41) is 2.68. The molecule has 0 aromatic rings. The van der Waals surface area contributed by atoms with Crippen molar-refractivity contribution >= 4 is 13.7 Å². The van der Waals surface area contributed by atoms with Crippen molar-refractivity contribution in [3.63, 3.8) is 0 Å². The van der Waals surface area contributed by atoms with Crippen LogP contribution in [0.5, 0.6) is 0 Å². The molecule has 1 rings (SSSR count). The maximum atomic E-state index is 10.1. The van der Waals surface area contributed by atoms with Crippen LogP contribution in [-0.4, -0.2) is 12.5 Å². The average molecular weight is 297 g/mol. The van der Waals surface area contributed by atoms with E-state index in [-0.39, 0.29) is 160 Å². The van der Waals surface area contributed by atoms with Gasteiger partial charge in [-0.05, 0) is 6.42 Å². The summed E-state index contributed by atoms with van der Waals surface area (Å²) in [4.78, 5) is 35.8. The Labute approximate surface area is 210 Å². The van der Waals surface area contributed by atoms with Gasteiger partial charge in [0.25, 0.3) is 0 Å². The zero-order valence-electron chi connectivity index (χ0n) is 8.61. The van der Waals surface area contributed by atoms with Crippen LogP contribution in [-0.2, 0) is 9.36 Å². The normalized spacial score (nSPS) is 13.2. The second-order valence-corrected chi connectivity index (χ2v) is 2.80. The molecule has 0 aromatic heterocycles. The number of carbonyl (C=O) groups is 1. The number of nitrogens with one attached hydrogen (secondary N) is 1. The number of carbonyl (C=O) groups excluding carboxylic acids is 1. The Morgan fingerprint density at radius 3 is 1.57 bits per heavy atom. The molecule has 0 radical (unpaired) electrons. The standard InChI is InChI=1S/C4H7NO.3K.H3O4P/c6-4-2-1-3-5-4;;;;1-5(2,3)4/h1-3H2,(H,5,6);;;;(H3,1,2,3,4)/q;3*+1;/p-3. The summed E-state index contributed by atoms with van der Waals surface area (Å²) in [5.74, 6) is 0.204. The third-order valence-electron chi connectivity index (χ3n) is 0.903. The largest absolute Gasteiger partial charge is 1.00 e. The molecule has 0 atom stereocenters. The van der Waals surface area contributed by atoms with Crippen molar-refractivity contribution in [1.82, 2.24) is 5.32 Å². The van der Waals surface area contributed by atoms with E-state index in [2.05, 4.69) is 5.32 Å². The first-order valence-electron chi connectivity index (χ1n) is 2.89. The van der Waals surface area contributed by atoms with Crippen LogP contribution < -0.4 is 174 Å². The van der Waals surface area contributed by atoms with Gasteiger partial charge in [0.15, 0.2) is 0 Å². The van der Waals surface area contributed by atoms with E-state index in [4.69, 9.17) is 19.2 Å². The van der Waals surface area contributed by atoms with E-state index in [1.54, 1.807) is 0 Å². The molecule has 1 N–H and O–H groups in total. The van der Waals surface area contributed by atoms with E-state index < -0.39 is 7.82 Å². The van der Waals surface area contributed by atoms with Crippen molar-refractivity contribution in [2.75, 3.05) is 6.54 Å². The molecule has 0 saturated carbocycles. The average Bonchev–Trinajstić information content (AvgIpc) is 2.12. The molecular formula is C4H7K3NO5P. The molecule has 10 heteroatoms. The maximum Gasteiger partial charge on any atom is 1.00 e. The molecule has 1 fully saturated rings. The first-order chi connectivity index (χ1) is 4.89. The third kappa shape index (κ3) is 30.0. The molecule has 1 heterocycles. The SMILES string of the molecule is O=C1CCCN1.O=P([O-])([O-])[O-].[K+].[K+].[K+]. The predicted octanol–water partition coefficient (Wildman–Crippen LogP) is -11.9. The first kappa shape index (κ1) is 26.9. The van der Waals surface area contributed by atoms with Gasteiger partial charge in [-0.1, -0.05) is 0 Å². The maximum absolute atomic E-state index is 10.1. The summed E-state index contributed by atoms with van der Waals surface area (Å²) in [6.45, 7) is 0.888. The Hall–Kier alpha value is 4.49. The van der Waals surface area contributed by atoms with Crippen LogP contribution >= 0.6 is 7.82 Å². The van der Waals surface area contributed by atoms with E-state index in [0.717, 1.165) is 19.4 Å². The van der Waals surface area contributed by atoms with Gasteiger partial charge in [-0.25, -0.2) is 0 Å². The van der Waals surface area contributed by atoms with Crippen LogP contribution in [0.3, 0.4) is 0 Å². The van der Waals surface area contributed by atoms with Gasteiger partial charge in [-0.2, -0.15) is 7.82 Å². The van der Waals surface area contributed by atoms with Crippen molar-refractivity contribution in [2.24, 2.45) is 0 Å². The van der Waals surface area contributed by atoms with Gasteiger partial charge in [0.05, 0.1) is 0 Å². The zero-order valence-corrected chi connectivity index (χ0v) is 18.9. The molecule has 0 aromatic carbocycles. The summed E-state index contributed by atoms with van der Waals surface area (Å²) in [7, 11) is -5.39. The van der Waals surface area contributed by atoms with Gasteiger partial charge in [0.2, 0.25) is 5.91 Å². The van der Waals surface area contributed by atoms with E-state index in [0.29, 0.717) is 0 Å². The van der Waals surface area contributed by atoms with Gasteiger partial charge in [0.1, 0.15) is 0 Å². The van der Waals surface area contributed by atoms with Crippen LogP contribution in [0.1, 0.15) is 12.8 Å². The molecule has 1 amide bonds. The van der Waals surface area contributed by atoms with Gasteiger partial charge < -0.3 is 24.6 Å². The minimum Gasteiger partial charge on any atom is -0.822 e. The summed E-state index contributed by atoms with van der Waals surface area (Å²) in [6, 6.07) is 0. The van der Waals surface area contributed by atoms with Crippen molar-refractivity contribution in [1.29, 1.82) is 0 Å². The molecule has 0 unspecified atom stereocenters. The van der Waals surface area contributed by atoms with Crippen LogP contribution in [0.15, 0.2) is 0 Å². The van der Waals surface area contributed by atoms with Crippen molar-refractivity contribution in [2.45, 2.75) is 12.8 Å². The molecule has 0 aliphatic carbocycles. The molecule has 14 heavy (non-hydrogen) atoms. The third-order valence-corrected chi connectivity index (χ3v) is 0.903. The summed E-state index contributed by atoms with van der Waals surface area (Å²) < 4.78 is 8.55. The molecule has 1 aliphatic heterocycles. The minimum atomic E-state index is -5.39. The van der Waals surface area contributed by atoms with Crippen LogP contribution in [0.4, 0.5) is 0 Å². The Morgan fingerprint density at radius 1 is 1.14 bits per heavy atom. The quantitative estimate of drug-likeness (QED) is 0.352. The van der Waals surface area contributed by atoms with Gasteiger partial charge in [-0.15, -0.1) is 0 Å². The second-order valence-electron chi connectivity index (χ2n) is 1.90. The van der Waals surface area contributed by atoms with Gasteiger partial charge >= 0.3 is 154 Å². The Bertz CT molecular complexity index is 170. The molecule has 6 nitrogen and oxygen atoms in total. The number of rotatable bonds is 0. The summed E-state index contributed by atoms with van der Waals surface area (Å²) in [6.07, 6.45) is 1.76. The predicted molar refractivity (Wildman–Crippen MR) is 29.9 cm³/mol. The molecular weight excluding hydrogens is 290 g/mol. The van der Waals surface area contributed by atoms with Crippen LogP contribution in [0.25, 0.3) is 0 Å². The van der Waals surface area contributed by atoms with E-state index >= 15 is 0 Å². The van der Waals surface area contributed by atoms with E-state index in [1.807, 2.05) is 0 Å². The Kier molecular flexibility index (Phi) is 29.9. The van der Waals surface area contributed by atoms with Crippen molar-refractivity contribution < 1.29 is 178 Å².